The van der Waals surface area contributed by atoms with Crippen molar-refractivity contribution in [3.05, 3.63) is 18.2 Å². The Morgan fingerprint density at radius 1 is 1.37 bits per heavy atom. The average molecular weight is 309 g/mol. The molecule has 0 radical (unpaired) electrons. The van der Waals surface area contributed by atoms with E-state index in [2.05, 4.69) is 8.73 Å². The van der Waals surface area contributed by atoms with Gasteiger partial charge < -0.3 is 5.11 Å². The Hall–Kier alpha value is -1.23. The first-order chi connectivity index (χ1) is 8.86. The predicted molar refractivity (Wildman–Crippen MR) is 65.2 cm³/mol. The third-order valence-corrected chi connectivity index (χ3v) is 4.27. The van der Waals surface area contributed by atoms with Gasteiger partial charge in [-0.15, -0.1) is 0 Å². The van der Waals surface area contributed by atoms with Gasteiger partial charge in [-0.1, -0.05) is 6.07 Å². The number of hydrogen-bond donors (Lipinski definition) is 2. The number of sulfonamides is 1. The fourth-order valence-corrected chi connectivity index (χ4v) is 3.16. The number of benzene rings is 1. The fourth-order valence-electron chi connectivity index (χ4n) is 1.33. The lowest BCUT2D eigenvalue weighted by atomic mass is 10.3. The first-order valence-corrected chi connectivity index (χ1v) is 7.27. The molecule has 1 aliphatic heterocycles. The summed E-state index contributed by atoms with van der Waals surface area (Å²) in [5, 5.41) is 8.39. The Labute approximate surface area is 111 Å². The highest BCUT2D eigenvalue weighted by Gasteiger charge is 2.31. The molecular formula is C9H9F2N3O3S2. The highest BCUT2D eigenvalue weighted by molar-refractivity contribution is 7.89. The van der Waals surface area contributed by atoms with E-state index >= 15 is 0 Å². The van der Waals surface area contributed by atoms with Crippen LogP contribution in [0, 0.1) is 0 Å². The fraction of sp³-hybridized carbons (Fsp3) is 0.333. The van der Waals surface area contributed by atoms with Crippen molar-refractivity contribution in [2.24, 2.45) is 8.73 Å². The molecule has 1 aromatic rings. The van der Waals surface area contributed by atoms with E-state index in [0.717, 1.165) is 11.4 Å². The van der Waals surface area contributed by atoms with E-state index < -0.39 is 29.1 Å². The number of aliphatic hydroxyl groups excluding tert-OH is 1. The van der Waals surface area contributed by atoms with Crippen LogP contribution in [0.25, 0.3) is 0 Å². The standard InChI is InChI=1S/C9H9F2N3O3S2/c10-9(11,5-15)4-12-19(16,17)7-3-1-2-6-8(7)14-18-13-6/h1-3,12,15H,4-5H2. The van der Waals surface area contributed by atoms with Crippen LogP contribution in [0.3, 0.4) is 0 Å². The first-order valence-electron chi connectivity index (χ1n) is 5.05. The Bertz CT molecular complexity index is 669. The molecule has 19 heavy (non-hydrogen) atoms. The highest BCUT2D eigenvalue weighted by Crippen LogP contribution is 2.37. The number of hydrogen-bond acceptors (Lipinski definition) is 5. The van der Waals surface area contributed by atoms with Gasteiger partial charge in [-0.3, -0.25) is 0 Å². The number of alkyl halides is 2. The minimum atomic E-state index is -4.14. The van der Waals surface area contributed by atoms with Crippen LogP contribution in [-0.4, -0.2) is 32.6 Å². The predicted octanol–water partition coefficient (Wildman–Crippen LogP) is 1.32. The highest BCUT2D eigenvalue weighted by atomic mass is 32.2. The SMILES string of the molecule is O=S(=O)(NCC(F)(F)CO)c1cccc2c1N=S=N2. The summed E-state index contributed by atoms with van der Waals surface area (Å²) in [6.45, 7) is -2.61. The number of fused-ring (bicyclic) bond motifs is 1. The lowest BCUT2D eigenvalue weighted by Gasteiger charge is -2.14. The van der Waals surface area contributed by atoms with E-state index in [-0.39, 0.29) is 10.6 Å². The minimum absolute atomic E-state index is 0.132. The van der Waals surface area contributed by atoms with Crippen LogP contribution in [0.2, 0.25) is 0 Å². The van der Waals surface area contributed by atoms with Gasteiger partial charge in [0, 0.05) is 0 Å². The zero-order valence-corrected chi connectivity index (χ0v) is 11.0. The molecule has 0 fully saturated rings. The molecule has 0 aliphatic carbocycles. The Kier molecular flexibility index (Phi) is 3.76. The van der Waals surface area contributed by atoms with Crippen LogP contribution in [0.4, 0.5) is 20.2 Å². The van der Waals surface area contributed by atoms with Crippen molar-refractivity contribution in [3.63, 3.8) is 0 Å². The third kappa shape index (κ3) is 3.03. The molecule has 6 nitrogen and oxygen atoms in total. The monoisotopic (exact) mass is 309 g/mol. The molecule has 0 atom stereocenters. The molecule has 0 aromatic heterocycles. The summed E-state index contributed by atoms with van der Waals surface area (Å²) in [5.41, 5.74) is 0.508. The van der Waals surface area contributed by atoms with Crippen LogP contribution in [-0.2, 0) is 21.4 Å². The molecule has 0 bridgehead atoms. The lowest BCUT2D eigenvalue weighted by Crippen LogP contribution is -2.38. The molecule has 2 rings (SSSR count). The van der Waals surface area contributed by atoms with Crippen LogP contribution in [0.5, 0.6) is 0 Å². The molecule has 1 heterocycles. The molecule has 10 heteroatoms. The van der Waals surface area contributed by atoms with Crippen LogP contribution in [0.1, 0.15) is 0 Å². The lowest BCUT2D eigenvalue weighted by molar-refractivity contribution is -0.0437. The second-order valence-electron chi connectivity index (χ2n) is 3.73. The van der Waals surface area contributed by atoms with E-state index in [9.17, 15) is 17.2 Å². The van der Waals surface area contributed by atoms with Gasteiger partial charge in [0.1, 0.15) is 22.9 Å². The molecule has 1 aromatic carbocycles. The molecule has 104 valence electrons. The first kappa shape index (κ1) is 14.2. The molecule has 0 saturated heterocycles. The third-order valence-electron chi connectivity index (χ3n) is 2.29. The van der Waals surface area contributed by atoms with Gasteiger partial charge >= 0.3 is 0 Å². The van der Waals surface area contributed by atoms with Crippen molar-refractivity contribution in [2.75, 3.05) is 13.2 Å². The maximum atomic E-state index is 12.8. The van der Waals surface area contributed by atoms with E-state index in [1.807, 2.05) is 0 Å². The molecule has 1 aliphatic rings. The number of nitrogens with one attached hydrogen (secondary N) is 1. The summed E-state index contributed by atoms with van der Waals surface area (Å²) in [6.07, 6.45) is 0. The van der Waals surface area contributed by atoms with Crippen molar-refractivity contribution < 1.29 is 22.3 Å². The molecule has 2 N–H and O–H groups in total. The van der Waals surface area contributed by atoms with Gasteiger partial charge in [0.25, 0.3) is 5.92 Å². The molecule has 0 saturated carbocycles. The van der Waals surface area contributed by atoms with Gasteiger partial charge in [-0.05, 0) is 12.1 Å². The van der Waals surface area contributed by atoms with Gasteiger partial charge in [0.15, 0.2) is 0 Å². The van der Waals surface area contributed by atoms with Crippen LogP contribution in [0.15, 0.2) is 31.8 Å². The molecule has 0 amide bonds. The second-order valence-corrected chi connectivity index (χ2v) is 5.99. The van der Waals surface area contributed by atoms with Crippen LogP contribution >= 0.6 is 0 Å². The van der Waals surface area contributed by atoms with E-state index in [4.69, 9.17) is 5.11 Å². The summed E-state index contributed by atoms with van der Waals surface area (Å²) in [5.74, 6) is -3.51. The normalized spacial score (nSPS) is 14.3. The van der Waals surface area contributed by atoms with Crippen molar-refractivity contribution in [1.29, 1.82) is 0 Å². The van der Waals surface area contributed by atoms with Gasteiger partial charge in [0.05, 0.1) is 17.9 Å². The molecule has 0 spiro atoms. The molecule has 0 unspecified atom stereocenters. The smallest absolute Gasteiger partial charge is 0.283 e. The Balaban J connectivity index is 2.27. The number of nitrogens with zero attached hydrogens (tertiary/aromatic N) is 2. The molecular weight excluding hydrogens is 300 g/mol. The van der Waals surface area contributed by atoms with Gasteiger partial charge in [0.2, 0.25) is 10.0 Å². The summed E-state index contributed by atoms with van der Waals surface area (Å²) < 4.78 is 59.0. The van der Waals surface area contributed by atoms with E-state index in [0.29, 0.717) is 5.69 Å². The minimum Gasteiger partial charge on any atom is -0.390 e. The topological polar surface area (TPSA) is 91.1 Å². The zero-order valence-electron chi connectivity index (χ0n) is 9.38. The Morgan fingerprint density at radius 3 is 2.79 bits per heavy atom. The number of rotatable bonds is 5. The largest absolute Gasteiger partial charge is 0.390 e. The maximum Gasteiger partial charge on any atom is 0.283 e. The summed E-state index contributed by atoms with van der Waals surface area (Å²) in [7, 11) is -4.14. The van der Waals surface area contributed by atoms with E-state index in [1.165, 1.54) is 12.1 Å². The maximum absolute atomic E-state index is 12.8. The number of halogens is 2. The number of aliphatic hydroxyl groups is 1. The quantitative estimate of drug-likeness (QED) is 0.872. The van der Waals surface area contributed by atoms with Crippen molar-refractivity contribution >= 4 is 32.8 Å². The van der Waals surface area contributed by atoms with Crippen LogP contribution < -0.4 is 4.72 Å². The van der Waals surface area contributed by atoms with Gasteiger partial charge in [-0.2, -0.15) is 8.73 Å². The summed E-state index contributed by atoms with van der Waals surface area (Å²) in [4.78, 5) is -0.215. The summed E-state index contributed by atoms with van der Waals surface area (Å²) in [6, 6.07) is 4.27. The van der Waals surface area contributed by atoms with Crippen molar-refractivity contribution in [2.45, 2.75) is 10.8 Å². The van der Waals surface area contributed by atoms with Gasteiger partial charge in [-0.25, -0.2) is 21.9 Å². The Morgan fingerprint density at radius 2 is 2.11 bits per heavy atom. The average Bonchev–Trinajstić information content (AvgIpc) is 2.84. The summed E-state index contributed by atoms with van der Waals surface area (Å²) >= 11 is 0.831. The zero-order chi connectivity index (χ0) is 14.1. The van der Waals surface area contributed by atoms with E-state index in [1.54, 1.807) is 10.8 Å². The van der Waals surface area contributed by atoms with Crippen molar-refractivity contribution in [3.8, 4) is 0 Å². The second kappa shape index (κ2) is 5.04. The van der Waals surface area contributed by atoms with Crippen molar-refractivity contribution in [1.82, 2.24) is 4.72 Å².